The molecule has 2 saturated heterocycles. The van der Waals surface area contributed by atoms with Crippen molar-refractivity contribution in [3.05, 3.63) is 23.4 Å². The Balaban J connectivity index is 1.68. The van der Waals surface area contributed by atoms with Gasteiger partial charge in [-0.15, -0.1) is 11.3 Å². The Morgan fingerprint density at radius 1 is 1.35 bits per heavy atom. The Hall–Kier alpha value is -1.22. The lowest BCUT2D eigenvalue weighted by molar-refractivity contribution is -0.126. The Morgan fingerprint density at radius 3 is 2.91 bits per heavy atom. The number of amides is 1. The highest BCUT2D eigenvalue weighted by molar-refractivity contribution is 7.91. The van der Waals surface area contributed by atoms with Crippen molar-refractivity contribution >= 4 is 49.1 Å². The van der Waals surface area contributed by atoms with Crippen LogP contribution < -0.4 is 5.32 Å². The van der Waals surface area contributed by atoms with E-state index in [1.54, 1.807) is 18.2 Å². The molecule has 9 heteroatoms. The monoisotopic (exact) mass is 371 g/mol. The van der Waals surface area contributed by atoms with Gasteiger partial charge in [0.05, 0.1) is 15.6 Å². The average molecular weight is 372 g/mol. The summed E-state index contributed by atoms with van der Waals surface area (Å²) >= 11 is 7.04. The summed E-state index contributed by atoms with van der Waals surface area (Å²) in [5.74, 6) is -0.0278. The van der Waals surface area contributed by atoms with Crippen molar-refractivity contribution in [3.8, 4) is 0 Å². The van der Waals surface area contributed by atoms with E-state index in [0.29, 0.717) is 36.6 Å². The van der Waals surface area contributed by atoms with Gasteiger partial charge in [0.1, 0.15) is 9.36 Å². The molecule has 1 amide bonds. The van der Waals surface area contributed by atoms with Gasteiger partial charge in [0.2, 0.25) is 5.91 Å². The largest absolute Gasteiger partial charge is 0.356 e. The Kier molecular flexibility index (Phi) is 3.42. The number of hydrogen-bond acceptors (Lipinski definition) is 5. The van der Waals surface area contributed by atoms with Gasteiger partial charge in [-0.05, 0) is 31.0 Å². The molecule has 6 nitrogen and oxygen atoms in total. The molecule has 0 aliphatic carbocycles. The molecule has 2 fully saturated rings. The molecule has 4 rings (SSSR count). The number of nitrogens with one attached hydrogen (secondary N) is 1. The fourth-order valence-electron chi connectivity index (χ4n) is 3.28. The first kappa shape index (κ1) is 15.3. The topological polar surface area (TPSA) is 79.4 Å². The molecular weight excluding hydrogens is 358 g/mol. The quantitative estimate of drug-likeness (QED) is 0.817. The molecule has 2 aromatic heterocycles. The van der Waals surface area contributed by atoms with Crippen molar-refractivity contribution in [1.29, 1.82) is 0 Å². The molecule has 0 aromatic carbocycles. The summed E-state index contributed by atoms with van der Waals surface area (Å²) in [6, 6.07) is 4.97. The highest BCUT2D eigenvalue weighted by Crippen LogP contribution is 2.40. The fraction of sp³-hybridized carbons (Fsp3) is 0.429. The van der Waals surface area contributed by atoms with Crippen LogP contribution in [0.15, 0.2) is 22.4 Å². The second-order valence-electron chi connectivity index (χ2n) is 5.96. The summed E-state index contributed by atoms with van der Waals surface area (Å²) in [6.07, 6.45) is 1.27. The van der Waals surface area contributed by atoms with Crippen molar-refractivity contribution in [2.75, 3.05) is 19.6 Å². The van der Waals surface area contributed by atoms with Gasteiger partial charge in [0.15, 0.2) is 0 Å². The van der Waals surface area contributed by atoms with E-state index in [2.05, 4.69) is 10.3 Å². The van der Waals surface area contributed by atoms with Gasteiger partial charge in [-0.1, -0.05) is 11.6 Å². The Morgan fingerprint density at radius 2 is 2.17 bits per heavy atom. The van der Waals surface area contributed by atoms with Gasteiger partial charge in [-0.25, -0.2) is 13.4 Å². The second-order valence-corrected chi connectivity index (χ2v) is 9.59. The first-order chi connectivity index (χ1) is 10.9. The van der Waals surface area contributed by atoms with Crippen LogP contribution in [0.1, 0.15) is 12.8 Å². The number of thiophene rings is 1. The van der Waals surface area contributed by atoms with Gasteiger partial charge in [0, 0.05) is 19.6 Å². The third-order valence-corrected chi connectivity index (χ3v) is 8.20. The zero-order valence-electron chi connectivity index (χ0n) is 12.1. The fourth-order valence-corrected chi connectivity index (χ4v) is 6.43. The summed E-state index contributed by atoms with van der Waals surface area (Å²) in [5, 5.41) is 3.14. The van der Waals surface area contributed by atoms with E-state index in [4.69, 9.17) is 11.6 Å². The molecule has 2 aliphatic heterocycles. The number of hydrogen-bond donors (Lipinski definition) is 1. The van der Waals surface area contributed by atoms with Crippen molar-refractivity contribution in [1.82, 2.24) is 14.6 Å². The number of carbonyl (C=O) groups excluding carboxylic acids is 1. The van der Waals surface area contributed by atoms with Crippen LogP contribution in [-0.4, -0.2) is 43.2 Å². The SMILES string of the molecule is O=C1NCCC12CCN(S(=O)(=O)c1cc3nc(Cl)ccc3s1)C2. The number of pyridine rings is 1. The van der Waals surface area contributed by atoms with E-state index >= 15 is 0 Å². The van der Waals surface area contributed by atoms with Gasteiger partial charge >= 0.3 is 0 Å². The van der Waals surface area contributed by atoms with E-state index in [1.807, 2.05) is 0 Å². The van der Waals surface area contributed by atoms with Crippen molar-refractivity contribution in [2.24, 2.45) is 5.41 Å². The molecule has 23 heavy (non-hydrogen) atoms. The van der Waals surface area contributed by atoms with Crippen LogP contribution in [0.4, 0.5) is 0 Å². The lowest BCUT2D eigenvalue weighted by atomic mass is 9.86. The molecule has 0 radical (unpaired) electrons. The summed E-state index contributed by atoms with van der Waals surface area (Å²) in [6.45, 7) is 1.25. The van der Waals surface area contributed by atoms with E-state index in [-0.39, 0.29) is 16.7 Å². The minimum atomic E-state index is -3.61. The van der Waals surface area contributed by atoms with Crippen LogP contribution in [0, 0.1) is 5.41 Å². The zero-order valence-corrected chi connectivity index (χ0v) is 14.5. The minimum absolute atomic E-state index is 0.0278. The molecule has 1 atom stereocenters. The predicted molar refractivity (Wildman–Crippen MR) is 88.1 cm³/mol. The van der Waals surface area contributed by atoms with E-state index in [1.165, 1.54) is 15.6 Å². The van der Waals surface area contributed by atoms with E-state index in [9.17, 15) is 13.2 Å². The third kappa shape index (κ3) is 2.36. The normalized spacial score (nSPS) is 25.5. The van der Waals surface area contributed by atoms with Gasteiger partial charge < -0.3 is 5.32 Å². The molecule has 1 spiro atoms. The van der Waals surface area contributed by atoms with Crippen LogP contribution in [0.5, 0.6) is 0 Å². The maximum atomic E-state index is 12.9. The molecular formula is C14H14ClN3O3S2. The average Bonchev–Trinajstić information content (AvgIpc) is 3.19. The van der Waals surface area contributed by atoms with E-state index in [0.717, 1.165) is 4.70 Å². The van der Waals surface area contributed by atoms with E-state index < -0.39 is 15.4 Å². The van der Waals surface area contributed by atoms with Crippen molar-refractivity contribution < 1.29 is 13.2 Å². The summed E-state index contributed by atoms with van der Waals surface area (Å²) in [5.41, 5.74) is 0.0271. The highest BCUT2D eigenvalue weighted by atomic mass is 35.5. The zero-order chi connectivity index (χ0) is 16.2. The highest BCUT2D eigenvalue weighted by Gasteiger charge is 2.50. The lowest BCUT2D eigenvalue weighted by Crippen LogP contribution is -2.36. The summed E-state index contributed by atoms with van der Waals surface area (Å²) in [4.78, 5) is 16.2. The Labute approximate surface area is 142 Å². The number of nitrogens with zero attached hydrogens (tertiary/aromatic N) is 2. The number of halogens is 1. The standard InChI is InChI=1S/C14H14ClN3O3S2/c15-11-2-1-10-9(17-11)7-12(22-10)23(20,21)18-6-4-14(8-18)3-5-16-13(14)19/h1-2,7H,3-6,8H2,(H,16,19). The summed E-state index contributed by atoms with van der Waals surface area (Å²) in [7, 11) is -3.61. The smallest absolute Gasteiger partial charge is 0.252 e. The molecule has 0 saturated carbocycles. The molecule has 2 aliphatic rings. The van der Waals surface area contributed by atoms with Gasteiger partial charge in [-0.3, -0.25) is 4.79 Å². The maximum Gasteiger partial charge on any atom is 0.252 e. The van der Waals surface area contributed by atoms with Crippen LogP contribution in [0.3, 0.4) is 0 Å². The number of carbonyl (C=O) groups is 1. The van der Waals surface area contributed by atoms with Crippen molar-refractivity contribution in [3.63, 3.8) is 0 Å². The van der Waals surface area contributed by atoms with Crippen LogP contribution in [0.25, 0.3) is 10.2 Å². The molecule has 122 valence electrons. The van der Waals surface area contributed by atoms with Crippen LogP contribution in [0.2, 0.25) is 5.15 Å². The lowest BCUT2D eigenvalue weighted by Gasteiger charge is -2.20. The molecule has 1 N–H and O–H groups in total. The van der Waals surface area contributed by atoms with Crippen molar-refractivity contribution in [2.45, 2.75) is 17.1 Å². The van der Waals surface area contributed by atoms with Gasteiger partial charge in [0.25, 0.3) is 10.0 Å². The molecule has 1 unspecified atom stereocenters. The minimum Gasteiger partial charge on any atom is -0.356 e. The predicted octanol–water partition coefficient (Wildman–Crippen LogP) is 1.85. The molecule has 2 aromatic rings. The third-order valence-electron chi connectivity index (χ3n) is 4.60. The Bertz CT molecular complexity index is 911. The molecule has 4 heterocycles. The first-order valence-corrected chi connectivity index (χ1v) is 9.89. The maximum absolute atomic E-state index is 12.9. The number of sulfonamides is 1. The number of rotatable bonds is 2. The van der Waals surface area contributed by atoms with Crippen LogP contribution >= 0.6 is 22.9 Å². The van der Waals surface area contributed by atoms with Crippen LogP contribution in [-0.2, 0) is 14.8 Å². The number of fused-ring (bicyclic) bond motifs is 1. The number of aromatic nitrogens is 1. The first-order valence-electron chi connectivity index (χ1n) is 7.25. The van der Waals surface area contributed by atoms with Gasteiger partial charge in [-0.2, -0.15) is 4.31 Å². The second kappa shape index (κ2) is 5.14. The molecule has 0 bridgehead atoms. The summed E-state index contributed by atoms with van der Waals surface area (Å²) < 4.78 is 28.2.